The number of hydrogen-bond acceptors (Lipinski definition) is 8. The maximum absolute atomic E-state index is 17.0. The van der Waals surface area contributed by atoms with Crippen molar-refractivity contribution in [2.75, 3.05) is 44.8 Å². The van der Waals surface area contributed by atoms with Gasteiger partial charge in [-0.25, -0.2) is 13.8 Å². The predicted molar refractivity (Wildman–Crippen MR) is 210 cm³/mol. The number of aliphatic hydroxyl groups excluding tert-OH is 1. The number of benzene rings is 2. The fourth-order valence-electron chi connectivity index (χ4n) is 8.01. The first-order valence-electron chi connectivity index (χ1n) is 19.7. The Morgan fingerprint density at radius 2 is 1.58 bits per heavy atom. The molecule has 2 N–H and O–H groups in total. The van der Waals surface area contributed by atoms with E-state index in [1.807, 2.05) is 27.7 Å². The number of aromatic nitrogens is 3. The molecule has 7 rings (SSSR count). The van der Waals surface area contributed by atoms with Crippen molar-refractivity contribution in [1.82, 2.24) is 19.9 Å². The van der Waals surface area contributed by atoms with Crippen LogP contribution in [0.5, 0.6) is 11.8 Å². The Hall–Kier alpha value is -3.63. The molecule has 286 valence electrons. The Kier molecular flexibility index (Phi) is 15.0. The molecule has 52 heavy (non-hydrogen) atoms. The zero-order chi connectivity index (χ0) is 38.0. The van der Waals surface area contributed by atoms with E-state index < -0.39 is 5.82 Å². The number of anilines is 1. The van der Waals surface area contributed by atoms with Crippen LogP contribution >= 0.6 is 0 Å². The van der Waals surface area contributed by atoms with E-state index in [0.717, 1.165) is 71.8 Å². The lowest BCUT2D eigenvalue weighted by molar-refractivity contribution is 0.108. The van der Waals surface area contributed by atoms with E-state index in [-0.39, 0.29) is 34.3 Å². The fourth-order valence-corrected chi connectivity index (χ4v) is 8.01. The maximum atomic E-state index is 17.0. The fraction of sp³-hybridized carbons (Fsp3) is 0.595. The molecule has 3 fully saturated rings. The smallest absolute Gasteiger partial charge is 0.319 e. The Balaban J connectivity index is 0.000000699. The molecule has 1 atom stereocenters. The molecule has 3 saturated heterocycles. The number of unbranched alkanes of at least 4 members (excludes halogenated alkanes) is 1. The van der Waals surface area contributed by atoms with Crippen LogP contribution in [0.15, 0.2) is 24.3 Å². The number of nitrogens with zero attached hydrogens (tertiary/aromatic N) is 5. The molecule has 0 bridgehead atoms. The van der Waals surface area contributed by atoms with Crippen LogP contribution in [0.4, 0.5) is 14.6 Å². The zero-order valence-corrected chi connectivity index (χ0v) is 32.8. The van der Waals surface area contributed by atoms with Crippen molar-refractivity contribution in [1.29, 1.82) is 0 Å². The van der Waals surface area contributed by atoms with E-state index in [2.05, 4.69) is 30.6 Å². The molecule has 5 heterocycles. The molecule has 3 aliphatic rings. The second-order valence-corrected chi connectivity index (χ2v) is 14.0. The second-order valence-electron chi connectivity index (χ2n) is 14.0. The van der Waals surface area contributed by atoms with Crippen LogP contribution in [0.2, 0.25) is 0 Å². The number of aromatic hydroxyl groups is 1. The summed E-state index contributed by atoms with van der Waals surface area (Å²) in [5, 5.41) is 19.4. The molecule has 2 aromatic carbocycles. The van der Waals surface area contributed by atoms with E-state index in [1.165, 1.54) is 25.0 Å². The van der Waals surface area contributed by atoms with Gasteiger partial charge < -0.3 is 19.8 Å². The van der Waals surface area contributed by atoms with Gasteiger partial charge in [0, 0.05) is 25.8 Å². The maximum Gasteiger partial charge on any atom is 0.319 e. The first-order valence-corrected chi connectivity index (χ1v) is 19.7. The van der Waals surface area contributed by atoms with Crippen molar-refractivity contribution in [3.8, 4) is 23.0 Å². The van der Waals surface area contributed by atoms with Gasteiger partial charge in [0.2, 0.25) is 0 Å². The van der Waals surface area contributed by atoms with Crippen LogP contribution in [0.1, 0.15) is 111 Å². The van der Waals surface area contributed by atoms with Gasteiger partial charge in [-0.2, -0.15) is 9.97 Å². The van der Waals surface area contributed by atoms with Crippen molar-refractivity contribution < 1.29 is 23.7 Å². The molecule has 3 aliphatic heterocycles. The summed E-state index contributed by atoms with van der Waals surface area (Å²) in [4.78, 5) is 19.3. The highest BCUT2D eigenvalue weighted by molar-refractivity contribution is 6.02. The van der Waals surface area contributed by atoms with Crippen molar-refractivity contribution in [2.45, 2.75) is 118 Å². The van der Waals surface area contributed by atoms with Gasteiger partial charge >= 0.3 is 6.01 Å². The molecule has 8 nitrogen and oxygen atoms in total. The number of ether oxygens (including phenoxy) is 1. The predicted octanol–water partition coefficient (Wildman–Crippen LogP) is 9.64. The zero-order valence-electron chi connectivity index (χ0n) is 32.8. The Bertz CT molecular complexity index is 1770. The lowest BCUT2D eigenvalue weighted by Gasteiger charge is -2.33. The van der Waals surface area contributed by atoms with E-state index in [0.29, 0.717) is 64.2 Å². The number of halogens is 2. The highest BCUT2D eigenvalue weighted by atomic mass is 19.1. The Labute approximate surface area is 309 Å². The summed E-state index contributed by atoms with van der Waals surface area (Å²) in [6, 6.07) is 6.25. The van der Waals surface area contributed by atoms with Crippen LogP contribution < -0.4 is 9.64 Å². The Morgan fingerprint density at radius 1 is 0.885 bits per heavy atom. The van der Waals surface area contributed by atoms with Crippen molar-refractivity contribution >= 4 is 27.5 Å². The molecule has 10 heteroatoms. The third kappa shape index (κ3) is 8.44. The first-order chi connectivity index (χ1) is 25.2. The lowest BCUT2D eigenvalue weighted by atomic mass is 9.94. The highest BCUT2D eigenvalue weighted by Crippen LogP contribution is 2.42. The van der Waals surface area contributed by atoms with Gasteiger partial charge in [-0.1, -0.05) is 67.4 Å². The van der Waals surface area contributed by atoms with E-state index in [1.54, 1.807) is 12.1 Å². The monoisotopic (exact) mass is 721 g/mol. The molecule has 0 saturated carbocycles. The number of rotatable bonds is 8. The standard InChI is InChI=1S/C35H41F2N5O2.C4H10.C2H6.CH4O/c1-4-24-26(36)11-10-22-17-23(43)18-25(28(22)24)31-30(37)32-29(27(5-2)38-31)33(41-14-6-9-21(3)19-41)40-34(39-32)44-20-35-12-7-15-42(35)16-8-13-35;1-3-4-2;2*1-2/h10-11,17-18,21,43H,4-9,12-16,19-20H2,1-3H3;3-4H2,1-2H3;1-2H3;2H,1H3. The minimum Gasteiger partial charge on any atom is -0.508 e. The van der Waals surface area contributed by atoms with Crippen LogP contribution in [0.25, 0.3) is 32.9 Å². The number of aryl methyl sites for hydroxylation is 2. The van der Waals surface area contributed by atoms with Gasteiger partial charge in [0.15, 0.2) is 5.82 Å². The van der Waals surface area contributed by atoms with Crippen LogP contribution in [0, 0.1) is 17.6 Å². The summed E-state index contributed by atoms with van der Waals surface area (Å²) in [7, 11) is 1.00. The Morgan fingerprint density at radius 3 is 2.19 bits per heavy atom. The molecular weight excluding hydrogens is 660 g/mol. The summed E-state index contributed by atoms with van der Waals surface area (Å²) in [6.45, 7) is 18.7. The van der Waals surface area contributed by atoms with Gasteiger partial charge in [0.25, 0.3) is 0 Å². The second kappa shape index (κ2) is 18.9. The number of hydrogen-bond donors (Lipinski definition) is 2. The average molecular weight is 722 g/mol. The molecular formula is C42H61F2N5O3. The van der Waals surface area contributed by atoms with E-state index in [9.17, 15) is 5.11 Å². The lowest BCUT2D eigenvalue weighted by Crippen LogP contribution is -2.43. The van der Waals surface area contributed by atoms with E-state index in [4.69, 9.17) is 24.8 Å². The topological polar surface area (TPSA) is 94.8 Å². The normalized spacial score (nSPS) is 17.8. The molecule has 1 unspecified atom stereocenters. The number of phenolic OH excluding ortho intramolecular Hbond substituents is 1. The van der Waals surface area contributed by atoms with Crippen molar-refractivity contribution in [3.05, 3.63) is 47.2 Å². The van der Waals surface area contributed by atoms with Crippen molar-refractivity contribution in [3.63, 3.8) is 0 Å². The number of pyridine rings is 1. The van der Waals surface area contributed by atoms with Gasteiger partial charge in [-0.15, -0.1) is 0 Å². The number of aliphatic hydroxyl groups is 1. The van der Waals surface area contributed by atoms with Gasteiger partial charge in [0.05, 0.1) is 16.6 Å². The van der Waals surface area contributed by atoms with Crippen LogP contribution in [-0.2, 0) is 12.8 Å². The van der Waals surface area contributed by atoms with Crippen LogP contribution in [-0.4, -0.2) is 75.5 Å². The molecule has 2 aromatic heterocycles. The molecule has 0 amide bonds. The van der Waals surface area contributed by atoms with Crippen molar-refractivity contribution in [2.24, 2.45) is 5.92 Å². The SMILES string of the molecule is CC.CCCC.CCc1c(F)ccc2cc(O)cc(-c3nc(CC)c4c(N5CCCC(C)C5)nc(OCC56CCCN5CCC6)nc4c3F)c12.CO. The number of phenols is 1. The first kappa shape index (κ1) is 41.1. The molecule has 0 aliphatic carbocycles. The summed E-state index contributed by atoms with van der Waals surface area (Å²) in [5.41, 5.74) is 1.68. The summed E-state index contributed by atoms with van der Waals surface area (Å²) >= 11 is 0. The molecule has 0 radical (unpaired) electrons. The van der Waals surface area contributed by atoms with Gasteiger partial charge in [-0.05, 0) is 105 Å². The van der Waals surface area contributed by atoms with Crippen LogP contribution in [0.3, 0.4) is 0 Å². The van der Waals surface area contributed by atoms with Gasteiger partial charge in [-0.3, -0.25) is 4.90 Å². The third-order valence-electron chi connectivity index (χ3n) is 10.7. The summed E-state index contributed by atoms with van der Waals surface area (Å²) in [5.74, 6) is 0.128. The number of piperidine rings is 1. The molecule has 4 aromatic rings. The third-order valence-corrected chi connectivity index (χ3v) is 10.7. The number of fused-ring (bicyclic) bond motifs is 3. The largest absolute Gasteiger partial charge is 0.508 e. The summed E-state index contributed by atoms with van der Waals surface area (Å²) < 4.78 is 38.5. The summed E-state index contributed by atoms with van der Waals surface area (Å²) in [6.07, 6.45) is 10.2. The minimum atomic E-state index is -0.615. The van der Waals surface area contributed by atoms with Gasteiger partial charge in [0.1, 0.15) is 35.2 Å². The van der Waals surface area contributed by atoms with E-state index >= 15 is 8.78 Å². The highest BCUT2D eigenvalue weighted by Gasteiger charge is 2.45. The quantitative estimate of drug-likeness (QED) is 0.186. The molecule has 0 spiro atoms. The average Bonchev–Trinajstić information content (AvgIpc) is 3.76. The minimum absolute atomic E-state index is 0.00421.